The second-order valence-electron chi connectivity index (χ2n) is 9.31. The number of pyridine rings is 2. The number of carbonyl (C=O) groups excluding carboxylic acids is 3. The van der Waals surface area contributed by atoms with Crippen molar-refractivity contribution >= 4 is 23.7 Å². The van der Waals surface area contributed by atoms with E-state index in [1.54, 1.807) is 42.9 Å². The van der Waals surface area contributed by atoms with E-state index >= 15 is 0 Å². The summed E-state index contributed by atoms with van der Waals surface area (Å²) in [4.78, 5) is 47.8. The van der Waals surface area contributed by atoms with E-state index in [2.05, 4.69) is 15.3 Å². The SMILES string of the molecule is O=C(COCc1cncc(-c2cnc3c(c2)CCCN3C(=O)NC(=O)c2ccccc2)c1)OCc1ccccc1. The molecule has 0 aliphatic carbocycles. The predicted molar refractivity (Wildman–Crippen MR) is 148 cm³/mol. The Hall–Kier alpha value is -4.89. The second-order valence-corrected chi connectivity index (χ2v) is 9.31. The number of urea groups is 1. The molecule has 1 aliphatic heterocycles. The Kier molecular flexibility index (Phi) is 8.53. The number of esters is 1. The number of amides is 3. The Morgan fingerprint density at radius 1 is 0.850 bits per heavy atom. The molecule has 1 aliphatic rings. The van der Waals surface area contributed by atoms with Gasteiger partial charge in [0.25, 0.3) is 5.91 Å². The van der Waals surface area contributed by atoms with Crippen LogP contribution in [0.3, 0.4) is 0 Å². The van der Waals surface area contributed by atoms with Gasteiger partial charge in [-0.05, 0) is 53.8 Å². The van der Waals surface area contributed by atoms with Crippen molar-refractivity contribution in [2.75, 3.05) is 18.1 Å². The first kappa shape index (κ1) is 26.7. The fraction of sp³-hybridized carbons (Fsp3) is 0.194. The number of fused-ring (bicyclic) bond motifs is 1. The van der Waals surface area contributed by atoms with Crippen LogP contribution in [0.2, 0.25) is 0 Å². The molecule has 9 heteroatoms. The number of carbonyl (C=O) groups is 3. The fourth-order valence-corrected chi connectivity index (χ4v) is 4.40. The molecule has 2 aromatic heterocycles. The number of rotatable bonds is 8. The Morgan fingerprint density at radius 2 is 1.60 bits per heavy atom. The highest BCUT2D eigenvalue weighted by Crippen LogP contribution is 2.29. The van der Waals surface area contributed by atoms with Crippen LogP contribution in [-0.2, 0) is 33.9 Å². The molecular formula is C31H28N4O5. The van der Waals surface area contributed by atoms with Gasteiger partial charge in [-0.3, -0.25) is 20.0 Å². The number of ether oxygens (including phenoxy) is 2. The van der Waals surface area contributed by atoms with Gasteiger partial charge in [0.2, 0.25) is 0 Å². The van der Waals surface area contributed by atoms with E-state index < -0.39 is 17.9 Å². The number of anilines is 1. The zero-order valence-electron chi connectivity index (χ0n) is 21.8. The quantitative estimate of drug-likeness (QED) is 0.325. The van der Waals surface area contributed by atoms with E-state index in [-0.39, 0.29) is 19.8 Å². The molecule has 0 spiro atoms. The smallest absolute Gasteiger partial charge is 0.332 e. The predicted octanol–water partition coefficient (Wildman–Crippen LogP) is 4.71. The van der Waals surface area contributed by atoms with Gasteiger partial charge >= 0.3 is 12.0 Å². The third-order valence-electron chi connectivity index (χ3n) is 6.39. The number of hydrogen-bond acceptors (Lipinski definition) is 7. The molecule has 0 saturated heterocycles. The van der Waals surface area contributed by atoms with Crippen LogP contribution in [0.15, 0.2) is 91.4 Å². The maximum absolute atomic E-state index is 12.9. The number of aryl methyl sites for hydroxylation is 1. The van der Waals surface area contributed by atoms with Crippen LogP contribution in [-0.4, -0.2) is 41.0 Å². The van der Waals surface area contributed by atoms with Gasteiger partial charge in [0.1, 0.15) is 19.0 Å². The number of hydrogen-bond donors (Lipinski definition) is 1. The molecule has 5 rings (SSSR count). The molecule has 202 valence electrons. The molecule has 0 unspecified atom stereocenters. The highest BCUT2D eigenvalue weighted by Gasteiger charge is 2.26. The Balaban J connectivity index is 1.19. The third kappa shape index (κ3) is 6.75. The molecule has 2 aromatic carbocycles. The van der Waals surface area contributed by atoms with Gasteiger partial charge in [0.15, 0.2) is 0 Å². The van der Waals surface area contributed by atoms with E-state index in [0.29, 0.717) is 17.9 Å². The molecular weight excluding hydrogens is 508 g/mol. The van der Waals surface area contributed by atoms with E-state index in [9.17, 15) is 14.4 Å². The summed E-state index contributed by atoms with van der Waals surface area (Å²) in [6.45, 7) is 0.703. The lowest BCUT2D eigenvalue weighted by Gasteiger charge is -2.28. The summed E-state index contributed by atoms with van der Waals surface area (Å²) in [5.41, 5.74) is 4.72. The lowest BCUT2D eigenvalue weighted by Crippen LogP contribution is -2.45. The summed E-state index contributed by atoms with van der Waals surface area (Å²) in [7, 11) is 0. The monoisotopic (exact) mass is 536 g/mol. The average molecular weight is 537 g/mol. The maximum Gasteiger partial charge on any atom is 0.332 e. The first-order chi connectivity index (χ1) is 19.6. The van der Waals surface area contributed by atoms with Crippen molar-refractivity contribution in [1.29, 1.82) is 0 Å². The van der Waals surface area contributed by atoms with Crippen LogP contribution in [0.1, 0.15) is 33.5 Å². The van der Waals surface area contributed by atoms with Crippen molar-refractivity contribution in [3.05, 3.63) is 114 Å². The number of benzene rings is 2. The van der Waals surface area contributed by atoms with E-state index in [4.69, 9.17) is 9.47 Å². The summed E-state index contributed by atoms with van der Waals surface area (Å²) in [6, 6.07) is 21.5. The van der Waals surface area contributed by atoms with E-state index in [1.165, 1.54) is 4.90 Å². The van der Waals surface area contributed by atoms with Gasteiger partial charge in [-0.1, -0.05) is 48.5 Å². The lowest BCUT2D eigenvalue weighted by atomic mass is 10.0. The van der Waals surface area contributed by atoms with Gasteiger partial charge < -0.3 is 9.47 Å². The summed E-state index contributed by atoms with van der Waals surface area (Å²) in [5, 5.41) is 2.46. The lowest BCUT2D eigenvalue weighted by molar-refractivity contribution is -0.150. The third-order valence-corrected chi connectivity index (χ3v) is 6.39. The molecule has 0 bridgehead atoms. The van der Waals surface area contributed by atoms with Crippen LogP contribution < -0.4 is 10.2 Å². The minimum atomic E-state index is -0.502. The molecule has 0 fully saturated rings. The van der Waals surface area contributed by atoms with Gasteiger partial charge in [0.05, 0.1) is 6.61 Å². The standard InChI is InChI=1S/C31H28N4O5/c36-28(40-20-22-8-3-1-4-9-22)21-39-19-23-14-26(17-32-16-23)27-15-25-12-7-13-35(29(25)33-18-27)31(38)34-30(37)24-10-5-2-6-11-24/h1-6,8-11,14-18H,7,12-13,19-21H2,(H,34,37,38). The number of imide groups is 1. The van der Waals surface area contributed by atoms with Crippen molar-refractivity contribution in [1.82, 2.24) is 15.3 Å². The summed E-state index contributed by atoms with van der Waals surface area (Å²) < 4.78 is 10.8. The zero-order chi connectivity index (χ0) is 27.7. The van der Waals surface area contributed by atoms with Gasteiger partial charge in [-0.15, -0.1) is 0 Å². The zero-order valence-corrected chi connectivity index (χ0v) is 21.8. The van der Waals surface area contributed by atoms with Crippen LogP contribution in [0, 0.1) is 0 Å². The molecule has 1 N–H and O–H groups in total. The average Bonchev–Trinajstić information content (AvgIpc) is 3.00. The van der Waals surface area contributed by atoms with Crippen molar-refractivity contribution in [3.63, 3.8) is 0 Å². The number of aromatic nitrogens is 2. The van der Waals surface area contributed by atoms with Crippen molar-refractivity contribution in [2.45, 2.75) is 26.1 Å². The maximum atomic E-state index is 12.9. The van der Waals surface area contributed by atoms with Crippen LogP contribution in [0.25, 0.3) is 11.1 Å². The molecule has 0 saturated carbocycles. The molecule has 3 amide bonds. The first-order valence-electron chi connectivity index (χ1n) is 13.0. The van der Waals surface area contributed by atoms with Gasteiger partial charge in [-0.25, -0.2) is 14.6 Å². The Labute approximate surface area is 231 Å². The topological polar surface area (TPSA) is 111 Å². The van der Waals surface area contributed by atoms with Crippen molar-refractivity contribution < 1.29 is 23.9 Å². The Morgan fingerprint density at radius 3 is 2.40 bits per heavy atom. The summed E-state index contributed by atoms with van der Waals surface area (Å²) >= 11 is 0. The van der Waals surface area contributed by atoms with Crippen LogP contribution >= 0.6 is 0 Å². The minimum Gasteiger partial charge on any atom is -0.459 e. The number of nitrogens with one attached hydrogen (secondary N) is 1. The molecule has 4 aromatic rings. The fourth-order valence-electron chi connectivity index (χ4n) is 4.40. The normalized spacial score (nSPS) is 12.3. The van der Waals surface area contributed by atoms with Crippen molar-refractivity contribution in [3.8, 4) is 11.1 Å². The molecule has 3 heterocycles. The highest BCUT2D eigenvalue weighted by molar-refractivity contribution is 6.08. The second kappa shape index (κ2) is 12.8. The van der Waals surface area contributed by atoms with Gasteiger partial charge in [-0.2, -0.15) is 0 Å². The van der Waals surface area contributed by atoms with E-state index in [0.717, 1.165) is 40.7 Å². The van der Waals surface area contributed by atoms with E-state index in [1.807, 2.05) is 48.5 Å². The summed E-state index contributed by atoms with van der Waals surface area (Å²) in [5.74, 6) is -0.357. The number of nitrogens with zero attached hydrogens (tertiary/aromatic N) is 3. The molecule has 9 nitrogen and oxygen atoms in total. The van der Waals surface area contributed by atoms with Crippen LogP contribution in [0.4, 0.5) is 10.6 Å². The van der Waals surface area contributed by atoms with Crippen molar-refractivity contribution in [2.24, 2.45) is 0 Å². The highest BCUT2D eigenvalue weighted by atomic mass is 16.6. The van der Waals surface area contributed by atoms with Crippen LogP contribution in [0.5, 0.6) is 0 Å². The first-order valence-corrected chi connectivity index (χ1v) is 13.0. The largest absolute Gasteiger partial charge is 0.459 e. The molecule has 0 atom stereocenters. The minimum absolute atomic E-state index is 0.165. The van der Waals surface area contributed by atoms with Gasteiger partial charge in [0, 0.05) is 41.8 Å². The molecule has 40 heavy (non-hydrogen) atoms. The molecule has 0 radical (unpaired) electrons. The Bertz CT molecular complexity index is 1490. The summed E-state index contributed by atoms with van der Waals surface area (Å²) in [6.07, 6.45) is 6.60.